The van der Waals surface area contributed by atoms with Gasteiger partial charge in [-0.1, -0.05) is 29.8 Å². The molecule has 2 aromatic rings. The Morgan fingerprint density at radius 3 is 2.67 bits per heavy atom. The number of aromatic nitrogens is 1. The standard InChI is InChI=1S/C15H12ClN3O5/c16-11-5-6-13(17-8-11)18-14(20)9-24-15(21)7-10-3-1-2-4-12(10)19(22)23/h1-6,8H,7,9H2,(H,17,18,20). The molecule has 0 spiro atoms. The summed E-state index contributed by atoms with van der Waals surface area (Å²) in [5, 5.41) is 13.7. The summed E-state index contributed by atoms with van der Waals surface area (Å²) >= 11 is 5.67. The van der Waals surface area contributed by atoms with Crippen LogP contribution in [-0.4, -0.2) is 28.4 Å². The number of benzene rings is 1. The first-order chi connectivity index (χ1) is 11.5. The number of rotatable bonds is 6. The van der Waals surface area contributed by atoms with Crippen LogP contribution in [0.25, 0.3) is 0 Å². The number of nitro groups is 1. The van der Waals surface area contributed by atoms with Crippen molar-refractivity contribution in [1.82, 2.24) is 4.98 Å². The molecular weight excluding hydrogens is 338 g/mol. The predicted octanol–water partition coefficient (Wildman–Crippen LogP) is 2.37. The Bertz CT molecular complexity index is 764. The Labute approximate surface area is 141 Å². The number of nitro benzene ring substituents is 1. The molecule has 1 aromatic heterocycles. The number of amides is 1. The highest BCUT2D eigenvalue weighted by Gasteiger charge is 2.17. The average molecular weight is 350 g/mol. The van der Waals surface area contributed by atoms with Crippen LogP contribution < -0.4 is 5.32 Å². The van der Waals surface area contributed by atoms with Gasteiger partial charge in [-0.15, -0.1) is 0 Å². The monoisotopic (exact) mass is 349 g/mol. The number of hydrogen-bond acceptors (Lipinski definition) is 6. The number of anilines is 1. The third kappa shape index (κ3) is 5.03. The quantitative estimate of drug-likeness (QED) is 0.487. The lowest BCUT2D eigenvalue weighted by Gasteiger charge is -2.06. The van der Waals surface area contributed by atoms with Crippen molar-refractivity contribution in [3.8, 4) is 0 Å². The summed E-state index contributed by atoms with van der Waals surface area (Å²) in [4.78, 5) is 37.5. The van der Waals surface area contributed by atoms with Gasteiger partial charge in [0.1, 0.15) is 5.82 Å². The molecule has 0 saturated carbocycles. The molecule has 0 bridgehead atoms. The fraction of sp³-hybridized carbons (Fsp3) is 0.133. The van der Waals surface area contributed by atoms with Gasteiger partial charge in [0, 0.05) is 17.8 Å². The summed E-state index contributed by atoms with van der Waals surface area (Å²) in [6.07, 6.45) is 1.06. The summed E-state index contributed by atoms with van der Waals surface area (Å²) in [5.74, 6) is -1.07. The van der Waals surface area contributed by atoms with Gasteiger partial charge < -0.3 is 10.1 Å². The first-order valence-electron chi connectivity index (χ1n) is 6.75. The van der Waals surface area contributed by atoms with E-state index in [1.807, 2.05) is 0 Å². The Morgan fingerprint density at radius 1 is 1.25 bits per heavy atom. The summed E-state index contributed by atoms with van der Waals surface area (Å²) in [7, 11) is 0. The van der Waals surface area contributed by atoms with Crippen molar-refractivity contribution in [2.75, 3.05) is 11.9 Å². The maximum Gasteiger partial charge on any atom is 0.311 e. The van der Waals surface area contributed by atoms with E-state index in [-0.39, 0.29) is 23.5 Å². The van der Waals surface area contributed by atoms with Crippen molar-refractivity contribution in [2.45, 2.75) is 6.42 Å². The maximum absolute atomic E-state index is 11.7. The molecule has 0 radical (unpaired) electrons. The zero-order valence-electron chi connectivity index (χ0n) is 12.3. The van der Waals surface area contributed by atoms with E-state index in [1.54, 1.807) is 12.1 Å². The number of para-hydroxylation sites is 1. The number of ether oxygens (including phenoxy) is 1. The SMILES string of the molecule is O=C(COC(=O)Cc1ccccc1[N+](=O)[O-])Nc1ccc(Cl)cn1. The lowest BCUT2D eigenvalue weighted by molar-refractivity contribution is -0.385. The van der Waals surface area contributed by atoms with Gasteiger partial charge in [0.2, 0.25) is 0 Å². The van der Waals surface area contributed by atoms with Gasteiger partial charge in [0.15, 0.2) is 6.61 Å². The molecule has 0 aliphatic heterocycles. The lowest BCUT2D eigenvalue weighted by Crippen LogP contribution is -2.22. The van der Waals surface area contributed by atoms with Gasteiger partial charge >= 0.3 is 5.97 Å². The van der Waals surface area contributed by atoms with Crippen molar-refractivity contribution < 1.29 is 19.2 Å². The highest BCUT2D eigenvalue weighted by atomic mass is 35.5. The molecule has 0 unspecified atom stereocenters. The van der Waals surface area contributed by atoms with Crippen molar-refractivity contribution in [2.24, 2.45) is 0 Å². The van der Waals surface area contributed by atoms with Gasteiger partial charge in [-0.05, 0) is 12.1 Å². The van der Waals surface area contributed by atoms with Crippen LogP contribution in [0.1, 0.15) is 5.56 Å². The average Bonchev–Trinajstić information content (AvgIpc) is 2.55. The molecule has 0 atom stereocenters. The third-order valence-corrected chi connectivity index (χ3v) is 3.11. The van der Waals surface area contributed by atoms with Gasteiger partial charge in [-0.2, -0.15) is 0 Å². The van der Waals surface area contributed by atoms with Crippen molar-refractivity contribution in [3.05, 3.63) is 63.3 Å². The second-order valence-corrected chi connectivity index (χ2v) is 5.07. The van der Waals surface area contributed by atoms with Crippen LogP contribution in [0, 0.1) is 10.1 Å². The van der Waals surface area contributed by atoms with Crippen LogP contribution in [0.2, 0.25) is 5.02 Å². The third-order valence-electron chi connectivity index (χ3n) is 2.88. The van der Waals surface area contributed by atoms with E-state index in [0.29, 0.717) is 5.02 Å². The number of nitrogens with zero attached hydrogens (tertiary/aromatic N) is 2. The van der Waals surface area contributed by atoms with Crippen LogP contribution in [-0.2, 0) is 20.7 Å². The molecule has 9 heteroatoms. The molecule has 0 aliphatic carbocycles. The molecule has 0 saturated heterocycles. The molecule has 124 valence electrons. The largest absolute Gasteiger partial charge is 0.455 e. The number of carbonyl (C=O) groups is 2. The molecule has 1 N–H and O–H groups in total. The fourth-order valence-corrected chi connectivity index (χ4v) is 1.93. The van der Waals surface area contributed by atoms with Crippen LogP contribution in [0.5, 0.6) is 0 Å². The summed E-state index contributed by atoms with van der Waals surface area (Å²) in [6.45, 7) is -0.524. The van der Waals surface area contributed by atoms with Crippen molar-refractivity contribution in [3.63, 3.8) is 0 Å². The van der Waals surface area contributed by atoms with E-state index >= 15 is 0 Å². The fourth-order valence-electron chi connectivity index (χ4n) is 1.82. The molecule has 1 amide bonds. The van der Waals surface area contributed by atoms with Crippen LogP contribution >= 0.6 is 11.6 Å². The van der Waals surface area contributed by atoms with Crippen molar-refractivity contribution >= 4 is 35.0 Å². The topological polar surface area (TPSA) is 111 Å². The van der Waals surface area contributed by atoms with E-state index in [1.165, 1.54) is 30.5 Å². The zero-order chi connectivity index (χ0) is 17.5. The van der Waals surface area contributed by atoms with E-state index in [0.717, 1.165) is 0 Å². The van der Waals surface area contributed by atoms with Gasteiger partial charge in [0.25, 0.3) is 11.6 Å². The van der Waals surface area contributed by atoms with Gasteiger partial charge in [-0.25, -0.2) is 4.98 Å². The highest BCUT2D eigenvalue weighted by molar-refractivity contribution is 6.30. The Balaban J connectivity index is 1.86. The molecule has 1 aromatic carbocycles. The summed E-state index contributed by atoms with van der Waals surface area (Å²) < 4.78 is 4.81. The molecule has 24 heavy (non-hydrogen) atoms. The highest BCUT2D eigenvalue weighted by Crippen LogP contribution is 2.18. The predicted molar refractivity (Wildman–Crippen MR) is 85.6 cm³/mol. The second-order valence-electron chi connectivity index (χ2n) is 4.63. The molecule has 8 nitrogen and oxygen atoms in total. The smallest absolute Gasteiger partial charge is 0.311 e. The van der Waals surface area contributed by atoms with Gasteiger partial charge in [-0.3, -0.25) is 19.7 Å². The molecular formula is C15H12ClN3O5. The van der Waals surface area contributed by atoms with Crippen LogP contribution in [0.3, 0.4) is 0 Å². The molecule has 2 rings (SSSR count). The van der Waals surface area contributed by atoms with Crippen LogP contribution in [0.4, 0.5) is 11.5 Å². The lowest BCUT2D eigenvalue weighted by atomic mass is 10.1. The zero-order valence-corrected chi connectivity index (χ0v) is 13.0. The number of carbonyl (C=O) groups excluding carboxylic acids is 2. The van der Waals surface area contributed by atoms with E-state index in [4.69, 9.17) is 16.3 Å². The minimum absolute atomic E-state index is 0.177. The second kappa shape index (κ2) is 8.02. The number of halogens is 1. The minimum atomic E-state index is -0.747. The number of hydrogen-bond donors (Lipinski definition) is 1. The number of esters is 1. The first-order valence-corrected chi connectivity index (χ1v) is 7.13. The first kappa shape index (κ1) is 17.4. The van der Waals surface area contributed by atoms with Crippen molar-refractivity contribution in [1.29, 1.82) is 0 Å². The minimum Gasteiger partial charge on any atom is -0.455 e. The maximum atomic E-state index is 11.7. The number of pyridine rings is 1. The Kier molecular flexibility index (Phi) is 5.80. The molecule has 1 heterocycles. The molecule has 0 fully saturated rings. The number of nitrogens with one attached hydrogen (secondary N) is 1. The Hall–Kier alpha value is -3.00. The van der Waals surface area contributed by atoms with Gasteiger partial charge in [0.05, 0.1) is 16.4 Å². The summed E-state index contributed by atoms with van der Waals surface area (Å²) in [5.41, 5.74) is 0.0385. The van der Waals surface area contributed by atoms with E-state index < -0.39 is 23.4 Å². The van der Waals surface area contributed by atoms with E-state index in [2.05, 4.69) is 10.3 Å². The normalized spacial score (nSPS) is 10.0. The Morgan fingerprint density at radius 2 is 2.00 bits per heavy atom. The molecule has 0 aliphatic rings. The van der Waals surface area contributed by atoms with Crippen LogP contribution in [0.15, 0.2) is 42.6 Å². The van der Waals surface area contributed by atoms with E-state index in [9.17, 15) is 19.7 Å². The summed E-state index contributed by atoms with van der Waals surface area (Å²) in [6, 6.07) is 8.87.